The molecule has 1 aliphatic rings. The number of fused-ring (bicyclic) bond motifs is 1. The van der Waals surface area contributed by atoms with Gasteiger partial charge in [0.1, 0.15) is 11.5 Å². The van der Waals surface area contributed by atoms with Crippen LogP contribution in [0.1, 0.15) is 17.0 Å². The third-order valence-corrected chi connectivity index (χ3v) is 3.18. The van der Waals surface area contributed by atoms with Gasteiger partial charge in [0.05, 0.1) is 6.61 Å². The number of rotatable bonds is 2. The van der Waals surface area contributed by atoms with Crippen molar-refractivity contribution >= 4 is 5.69 Å². The van der Waals surface area contributed by atoms with Crippen LogP contribution in [0.15, 0.2) is 34.9 Å². The molecule has 17 heavy (non-hydrogen) atoms. The molecule has 88 valence electrons. The number of benzene rings is 1. The summed E-state index contributed by atoms with van der Waals surface area (Å²) < 4.78 is 5.23. The van der Waals surface area contributed by atoms with E-state index in [0.29, 0.717) is 5.69 Å². The number of anilines is 1. The maximum Gasteiger partial charge on any atom is 0.143 e. The molecule has 1 N–H and O–H groups in total. The molecule has 0 unspecified atom stereocenters. The summed E-state index contributed by atoms with van der Waals surface area (Å²) in [6, 6.07) is 10.3. The van der Waals surface area contributed by atoms with E-state index in [1.54, 1.807) is 0 Å². The Hall–Kier alpha value is -1.81. The van der Waals surface area contributed by atoms with E-state index in [2.05, 4.69) is 22.2 Å². The van der Waals surface area contributed by atoms with Crippen molar-refractivity contribution in [3.8, 4) is 0 Å². The number of para-hydroxylation sites is 1. The van der Waals surface area contributed by atoms with E-state index in [9.17, 15) is 5.11 Å². The molecule has 1 aliphatic heterocycles. The van der Waals surface area contributed by atoms with E-state index >= 15 is 0 Å². The SMILES string of the molecule is OCc1noc2c1CN(c1ccccc1)CC2. The lowest BCUT2D eigenvalue weighted by Crippen LogP contribution is -2.30. The number of hydrogen-bond donors (Lipinski definition) is 1. The average Bonchev–Trinajstić information content (AvgIpc) is 2.81. The Kier molecular flexibility index (Phi) is 2.57. The van der Waals surface area contributed by atoms with Crippen LogP contribution in [0.4, 0.5) is 5.69 Å². The number of hydrogen-bond acceptors (Lipinski definition) is 4. The van der Waals surface area contributed by atoms with Crippen molar-refractivity contribution in [2.45, 2.75) is 19.6 Å². The zero-order valence-electron chi connectivity index (χ0n) is 9.47. The molecule has 0 saturated carbocycles. The van der Waals surface area contributed by atoms with Crippen LogP contribution in [0.5, 0.6) is 0 Å². The number of aliphatic hydroxyl groups excluding tert-OH is 1. The fourth-order valence-electron chi connectivity index (χ4n) is 2.25. The molecular weight excluding hydrogens is 216 g/mol. The molecule has 4 heteroatoms. The monoisotopic (exact) mass is 230 g/mol. The molecule has 2 aromatic rings. The standard InChI is InChI=1S/C13H14N2O2/c16-9-12-11-8-15(7-6-13(11)17-14-12)10-4-2-1-3-5-10/h1-5,16H,6-9H2. The quantitative estimate of drug-likeness (QED) is 0.853. The highest BCUT2D eigenvalue weighted by Gasteiger charge is 2.23. The molecular formula is C13H14N2O2. The second-order valence-corrected chi connectivity index (χ2v) is 4.20. The van der Waals surface area contributed by atoms with Gasteiger partial charge in [0.2, 0.25) is 0 Å². The first-order chi connectivity index (χ1) is 8.38. The topological polar surface area (TPSA) is 49.5 Å². The summed E-state index contributed by atoms with van der Waals surface area (Å²) in [5.41, 5.74) is 2.91. The average molecular weight is 230 g/mol. The van der Waals surface area contributed by atoms with Crippen molar-refractivity contribution in [1.82, 2.24) is 5.16 Å². The van der Waals surface area contributed by atoms with E-state index in [4.69, 9.17) is 4.52 Å². The Morgan fingerprint density at radius 3 is 2.88 bits per heavy atom. The van der Waals surface area contributed by atoms with Crippen LogP contribution >= 0.6 is 0 Å². The molecule has 0 amide bonds. The van der Waals surface area contributed by atoms with Crippen LogP contribution in [0, 0.1) is 0 Å². The minimum atomic E-state index is -0.0541. The van der Waals surface area contributed by atoms with Crippen molar-refractivity contribution < 1.29 is 9.63 Å². The first-order valence-corrected chi connectivity index (χ1v) is 5.75. The smallest absolute Gasteiger partial charge is 0.143 e. The van der Waals surface area contributed by atoms with Gasteiger partial charge in [-0.2, -0.15) is 0 Å². The molecule has 1 aromatic carbocycles. The van der Waals surface area contributed by atoms with E-state index in [0.717, 1.165) is 30.8 Å². The van der Waals surface area contributed by atoms with Gasteiger partial charge in [0.25, 0.3) is 0 Å². The lowest BCUT2D eigenvalue weighted by Gasteiger charge is -2.28. The lowest BCUT2D eigenvalue weighted by atomic mass is 10.1. The molecule has 4 nitrogen and oxygen atoms in total. The number of nitrogens with zero attached hydrogens (tertiary/aromatic N) is 2. The zero-order chi connectivity index (χ0) is 11.7. The van der Waals surface area contributed by atoms with Gasteiger partial charge in [0.15, 0.2) is 0 Å². The molecule has 1 aromatic heterocycles. The number of aliphatic hydroxyl groups is 1. The van der Waals surface area contributed by atoms with Crippen molar-refractivity contribution in [2.75, 3.05) is 11.4 Å². The summed E-state index contributed by atoms with van der Waals surface area (Å²) in [5, 5.41) is 13.1. The van der Waals surface area contributed by atoms with E-state index in [-0.39, 0.29) is 6.61 Å². The predicted octanol–water partition coefficient (Wildman–Crippen LogP) is 1.73. The predicted molar refractivity (Wildman–Crippen MR) is 63.6 cm³/mol. The van der Waals surface area contributed by atoms with Gasteiger partial charge in [-0.05, 0) is 12.1 Å². The highest BCUT2D eigenvalue weighted by atomic mass is 16.5. The highest BCUT2D eigenvalue weighted by Crippen LogP contribution is 2.26. The van der Waals surface area contributed by atoms with Crippen molar-refractivity contribution in [2.24, 2.45) is 0 Å². The second kappa shape index (κ2) is 4.22. The van der Waals surface area contributed by atoms with Gasteiger partial charge in [0, 0.05) is 30.8 Å². The van der Waals surface area contributed by atoms with Gasteiger partial charge >= 0.3 is 0 Å². The van der Waals surface area contributed by atoms with Crippen LogP contribution in [0.25, 0.3) is 0 Å². The Labute approximate surface area is 99.5 Å². The summed E-state index contributed by atoms with van der Waals surface area (Å²) in [4.78, 5) is 2.28. The third kappa shape index (κ3) is 1.80. The highest BCUT2D eigenvalue weighted by molar-refractivity contribution is 5.48. The first kappa shape index (κ1) is 10.4. The number of aromatic nitrogens is 1. The summed E-state index contributed by atoms with van der Waals surface area (Å²) in [6.07, 6.45) is 0.844. The second-order valence-electron chi connectivity index (χ2n) is 4.20. The van der Waals surface area contributed by atoms with Crippen LogP contribution < -0.4 is 4.90 Å². The van der Waals surface area contributed by atoms with Gasteiger partial charge in [-0.3, -0.25) is 0 Å². The summed E-state index contributed by atoms with van der Waals surface area (Å²) in [7, 11) is 0. The maximum absolute atomic E-state index is 9.20. The third-order valence-electron chi connectivity index (χ3n) is 3.18. The molecule has 0 bridgehead atoms. The fraction of sp³-hybridized carbons (Fsp3) is 0.308. The van der Waals surface area contributed by atoms with Crippen molar-refractivity contribution in [1.29, 1.82) is 0 Å². The zero-order valence-corrected chi connectivity index (χ0v) is 9.47. The fourth-order valence-corrected chi connectivity index (χ4v) is 2.25. The van der Waals surface area contributed by atoms with Crippen molar-refractivity contribution in [3.05, 3.63) is 47.3 Å². The normalized spacial score (nSPS) is 14.8. The van der Waals surface area contributed by atoms with Gasteiger partial charge in [-0.25, -0.2) is 0 Å². The molecule has 0 saturated heterocycles. The molecule has 0 aliphatic carbocycles. The summed E-state index contributed by atoms with van der Waals surface area (Å²) in [6.45, 7) is 1.64. The Morgan fingerprint density at radius 1 is 1.29 bits per heavy atom. The van der Waals surface area contributed by atoms with Crippen LogP contribution in [-0.2, 0) is 19.6 Å². The van der Waals surface area contributed by atoms with Crippen LogP contribution in [0.2, 0.25) is 0 Å². The summed E-state index contributed by atoms with van der Waals surface area (Å²) >= 11 is 0. The maximum atomic E-state index is 9.20. The largest absolute Gasteiger partial charge is 0.390 e. The molecule has 2 heterocycles. The van der Waals surface area contributed by atoms with Gasteiger partial charge in [-0.15, -0.1) is 0 Å². The summed E-state index contributed by atoms with van der Waals surface area (Å²) in [5.74, 6) is 0.918. The van der Waals surface area contributed by atoms with Crippen molar-refractivity contribution in [3.63, 3.8) is 0 Å². The van der Waals surface area contributed by atoms with E-state index in [1.165, 1.54) is 5.69 Å². The molecule has 0 spiro atoms. The molecule has 3 rings (SSSR count). The van der Waals surface area contributed by atoms with Gasteiger partial charge in [-0.1, -0.05) is 23.4 Å². The minimum Gasteiger partial charge on any atom is -0.390 e. The van der Waals surface area contributed by atoms with Gasteiger partial charge < -0.3 is 14.5 Å². The molecule has 0 fully saturated rings. The van der Waals surface area contributed by atoms with E-state index < -0.39 is 0 Å². The Morgan fingerprint density at radius 2 is 2.12 bits per heavy atom. The Bertz CT molecular complexity index is 494. The van der Waals surface area contributed by atoms with E-state index in [1.807, 2.05) is 18.2 Å². The van der Waals surface area contributed by atoms with Crippen LogP contribution in [0.3, 0.4) is 0 Å². The lowest BCUT2D eigenvalue weighted by molar-refractivity contribution is 0.265. The Balaban J connectivity index is 1.89. The minimum absolute atomic E-state index is 0.0541. The molecule has 0 atom stereocenters. The van der Waals surface area contributed by atoms with Crippen LogP contribution in [-0.4, -0.2) is 16.8 Å². The molecule has 0 radical (unpaired) electrons. The first-order valence-electron chi connectivity index (χ1n) is 5.75.